The van der Waals surface area contributed by atoms with Crippen LogP contribution in [-0.2, 0) is 10.0 Å². The number of rotatable bonds is 3. The van der Waals surface area contributed by atoms with Gasteiger partial charge in [0, 0.05) is 21.3 Å². The SMILES string of the molecule is O=S(=O)(NC1CCCC1)c1ccc2oc3cc(Br)ccc3c2c1. The van der Waals surface area contributed by atoms with Gasteiger partial charge in [0.2, 0.25) is 10.0 Å². The van der Waals surface area contributed by atoms with Crippen molar-refractivity contribution in [1.29, 1.82) is 0 Å². The quantitative estimate of drug-likeness (QED) is 0.708. The van der Waals surface area contributed by atoms with E-state index in [1.54, 1.807) is 18.2 Å². The summed E-state index contributed by atoms with van der Waals surface area (Å²) in [6, 6.07) is 10.9. The highest BCUT2D eigenvalue weighted by molar-refractivity contribution is 9.10. The first-order chi connectivity index (χ1) is 11.0. The number of sulfonamides is 1. The van der Waals surface area contributed by atoms with E-state index >= 15 is 0 Å². The Balaban J connectivity index is 1.79. The van der Waals surface area contributed by atoms with Crippen LogP contribution in [-0.4, -0.2) is 14.5 Å². The minimum absolute atomic E-state index is 0.0627. The zero-order valence-electron chi connectivity index (χ0n) is 12.4. The lowest BCUT2D eigenvalue weighted by Gasteiger charge is -2.12. The fraction of sp³-hybridized carbons (Fsp3) is 0.294. The molecule has 4 nitrogen and oxygen atoms in total. The van der Waals surface area contributed by atoms with Gasteiger partial charge in [-0.1, -0.05) is 28.8 Å². The molecule has 2 aromatic carbocycles. The molecular formula is C17H16BrNO3S. The van der Waals surface area contributed by atoms with Gasteiger partial charge in [-0.3, -0.25) is 0 Å². The van der Waals surface area contributed by atoms with Gasteiger partial charge in [0.15, 0.2) is 0 Å². The Kier molecular flexibility index (Phi) is 3.70. The molecule has 0 unspecified atom stereocenters. The maximum absolute atomic E-state index is 12.6. The molecule has 1 aromatic heterocycles. The fourth-order valence-corrected chi connectivity index (χ4v) is 4.90. The molecule has 0 radical (unpaired) electrons. The fourth-order valence-electron chi connectivity index (χ4n) is 3.23. The summed E-state index contributed by atoms with van der Waals surface area (Å²) >= 11 is 3.42. The maximum atomic E-state index is 12.6. The van der Waals surface area contributed by atoms with E-state index in [4.69, 9.17) is 4.42 Å². The van der Waals surface area contributed by atoms with E-state index < -0.39 is 10.0 Å². The summed E-state index contributed by atoms with van der Waals surface area (Å²) in [6.45, 7) is 0. The normalized spacial score (nSPS) is 16.6. The van der Waals surface area contributed by atoms with Crippen molar-refractivity contribution in [2.24, 2.45) is 0 Å². The molecule has 0 saturated heterocycles. The summed E-state index contributed by atoms with van der Waals surface area (Å²) in [5, 5.41) is 1.74. The number of benzene rings is 2. The molecule has 0 bridgehead atoms. The highest BCUT2D eigenvalue weighted by Crippen LogP contribution is 2.32. The summed E-state index contributed by atoms with van der Waals surface area (Å²) in [6.07, 6.45) is 4.02. The third kappa shape index (κ3) is 2.79. The lowest BCUT2D eigenvalue weighted by molar-refractivity contribution is 0.552. The van der Waals surface area contributed by atoms with Gasteiger partial charge in [-0.15, -0.1) is 0 Å². The van der Waals surface area contributed by atoms with Crippen LogP contribution in [0.25, 0.3) is 21.9 Å². The topological polar surface area (TPSA) is 59.3 Å². The molecule has 1 saturated carbocycles. The highest BCUT2D eigenvalue weighted by Gasteiger charge is 2.23. The number of nitrogens with one attached hydrogen (secondary N) is 1. The summed E-state index contributed by atoms with van der Waals surface area (Å²) in [7, 11) is -3.49. The second kappa shape index (κ2) is 5.61. The van der Waals surface area contributed by atoms with Crippen molar-refractivity contribution in [3.63, 3.8) is 0 Å². The molecule has 4 rings (SSSR count). The zero-order chi connectivity index (χ0) is 16.0. The molecule has 0 spiro atoms. The van der Waals surface area contributed by atoms with Crippen LogP contribution in [0, 0.1) is 0 Å². The Labute approximate surface area is 143 Å². The third-order valence-electron chi connectivity index (χ3n) is 4.39. The second-order valence-corrected chi connectivity index (χ2v) is 8.63. The van der Waals surface area contributed by atoms with Crippen LogP contribution in [0.1, 0.15) is 25.7 Å². The van der Waals surface area contributed by atoms with Crippen molar-refractivity contribution in [2.45, 2.75) is 36.6 Å². The van der Waals surface area contributed by atoms with Gasteiger partial charge in [-0.25, -0.2) is 13.1 Å². The van der Waals surface area contributed by atoms with Crippen molar-refractivity contribution >= 4 is 47.9 Å². The third-order valence-corrected chi connectivity index (χ3v) is 6.40. The van der Waals surface area contributed by atoms with Gasteiger partial charge in [0.1, 0.15) is 11.2 Å². The molecule has 3 aromatic rings. The first-order valence-electron chi connectivity index (χ1n) is 7.67. The first kappa shape index (κ1) is 15.2. The number of furan rings is 1. The van der Waals surface area contributed by atoms with Crippen molar-refractivity contribution in [2.75, 3.05) is 0 Å². The zero-order valence-corrected chi connectivity index (χ0v) is 14.8. The molecule has 0 aliphatic heterocycles. The van der Waals surface area contributed by atoms with Gasteiger partial charge in [-0.2, -0.15) is 0 Å². The molecule has 0 atom stereocenters. The Hall–Kier alpha value is -1.37. The number of halogens is 1. The Morgan fingerprint density at radius 2 is 1.78 bits per heavy atom. The largest absolute Gasteiger partial charge is 0.456 e. The summed E-state index contributed by atoms with van der Waals surface area (Å²) in [5.41, 5.74) is 1.44. The average molecular weight is 394 g/mol. The van der Waals surface area contributed by atoms with Gasteiger partial charge in [0.05, 0.1) is 4.90 Å². The Morgan fingerprint density at radius 3 is 2.57 bits per heavy atom. The number of fused-ring (bicyclic) bond motifs is 3. The highest BCUT2D eigenvalue weighted by atomic mass is 79.9. The summed E-state index contributed by atoms with van der Waals surface area (Å²) in [5.74, 6) is 0. The van der Waals surface area contributed by atoms with Crippen LogP contribution < -0.4 is 4.72 Å². The van der Waals surface area contributed by atoms with E-state index in [0.29, 0.717) is 10.5 Å². The minimum atomic E-state index is -3.49. The molecule has 23 heavy (non-hydrogen) atoms. The summed E-state index contributed by atoms with van der Waals surface area (Å²) < 4.78 is 34.7. The molecule has 0 amide bonds. The second-order valence-electron chi connectivity index (χ2n) is 6.00. The van der Waals surface area contributed by atoms with E-state index in [1.165, 1.54) is 0 Å². The van der Waals surface area contributed by atoms with Crippen LogP contribution in [0.5, 0.6) is 0 Å². The van der Waals surface area contributed by atoms with Crippen LogP contribution in [0.4, 0.5) is 0 Å². The predicted octanol–water partition coefficient (Wildman–Crippen LogP) is 4.57. The molecule has 1 heterocycles. The lowest BCUT2D eigenvalue weighted by Crippen LogP contribution is -2.32. The van der Waals surface area contributed by atoms with Gasteiger partial charge in [-0.05, 0) is 49.2 Å². The predicted molar refractivity (Wildman–Crippen MR) is 94.0 cm³/mol. The van der Waals surface area contributed by atoms with Crippen molar-refractivity contribution in [3.05, 3.63) is 40.9 Å². The van der Waals surface area contributed by atoms with Crippen LogP contribution in [0.3, 0.4) is 0 Å². The molecule has 1 aliphatic rings. The van der Waals surface area contributed by atoms with Gasteiger partial charge >= 0.3 is 0 Å². The summed E-state index contributed by atoms with van der Waals surface area (Å²) in [4.78, 5) is 0.294. The van der Waals surface area contributed by atoms with E-state index in [-0.39, 0.29) is 6.04 Å². The number of hydrogen-bond donors (Lipinski definition) is 1. The van der Waals surface area contributed by atoms with Crippen molar-refractivity contribution in [1.82, 2.24) is 4.72 Å². The minimum Gasteiger partial charge on any atom is -0.456 e. The average Bonchev–Trinajstić information content (AvgIpc) is 3.12. The molecule has 6 heteroatoms. The van der Waals surface area contributed by atoms with Crippen LogP contribution in [0.15, 0.2) is 50.2 Å². The maximum Gasteiger partial charge on any atom is 0.240 e. The molecule has 1 N–H and O–H groups in total. The van der Waals surface area contributed by atoms with E-state index in [9.17, 15) is 8.42 Å². The first-order valence-corrected chi connectivity index (χ1v) is 9.95. The van der Waals surface area contributed by atoms with E-state index in [2.05, 4.69) is 20.7 Å². The van der Waals surface area contributed by atoms with Crippen molar-refractivity contribution in [3.8, 4) is 0 Å². The molecule has 1 aliphatic carbocycles. The monoisotopic (exact) mass is 393 g/mol. The molecule has 1 fully saturated rings. The van der Waals surface area contributed by atoms with Gasteiger partial charge in [0.25, 0.3) is 0 Å². The molecular weight excluding hydrogens is 378 g/mol. The Bertz CT molecular complexity index is 988. The molecule has 120 valence electrons. The smallest absolute Gasteiger partial charge is 0.240 e. The van der Waals surface area contributed by atoms with E-state index in [1.807, 2.05) is 18.2 Å². The van der Waals surface area contributed by atoms with Crippen molar-refractivity contribution < 1.29 is 12.8 Å². The Morgan fingerprint density at radius 1 is 1.00 bits per heavy atom. The lowest BCUT2D eigenvalue weighted by atomic mass is 10.1. The van der Waals surface area contributed by atoms with Gasteiger partial charge < -0.3 is 4.42 Å². The standard InChI is InChI=1S/C17H16BrNO3S/c18-11-5-7-14-15-10-13(6-8-16(15)22-17(14)9-11)23(20,21)19-12-3-1-2-4-12/h5-10,12,19H,1-4H2. The number of hydrogen-bond acceptors (Lipinski definition) is 3. The van der Waals surface area contributed by atoms with Crippen LogP contribution >= 0.6 is 15.9 Å². The van der Waals surface area contributed by atoms with Crippen LogP contribution in [0.2, 0.25) is 0 Å². The van der Waals surface area contributed by atoms with E-state index in [0.717, 1.165) is 46.5 Å².